The minimum atomic E-state index is -4.12. The fraction of sp³-hybridized carbons (Fsp3) is 0.167. The zero-order valence-corrected chi connectivity index (χ0v) is 19.9. The first-order valence-electron chi connectivity index (χ1n) is 10.3. The van der Waals surface area contributed by atoms with Gasteiger partial charge in [0.1, 0.15) is 5.75 Å². The third kappa shape index (κ3) is 5.74. The lowest BCUT2D eigenvalue weighted by atomic mass is 9.86. The number of methoxy groups -OCH3 is 1. The van der Waals surface area contributed by atoms with E-state index in [1.165, 1.54) is 43.5 Å². The van der Waals surface area contributed by atoms with Crippen LogP contribution in [0.3, 0.4) is 0 Å². The van der Waals surface area contributed by atoms with Crippen LogP contribution in [0.4, 0.5) is 17.1 Å². The zero-order chi connectivity index (χ0) is 25.8. The molecule has 3 rings (SSSR count). The summed E-state index contributed by atoms with van der Waals surface area (Å²) in [5.74, 6) is -0.339. The molecule has 0 unspecified atom stereocenters. The topological polar surface area (TPSA) is 151 Å². The molecule has 0 heterocycles. The monoisotopic (exact) mass is 494 g/mol. The van der Waals surface area contributed by atoms with Gasteiger partial charge in [-0.05, 0) is 61.9 Å². The summed E-state index contributed by atoms with van der Waals surface area (Å²) in [6, 6.07) is 17.8. The first-order chi connectivity index (χ1) is 16.5. The summed E-state index contributed by atoms with van der Waals surface area (Å²) in [6.07, 6.45) is 0. The van der Waals surface area contributed by atoms with Gasteiger partial charge in [-0.15, -0.1) is 0 Å². The molecule has 0 spiro atoms. The van der Waals surface area contributed by atoms with Gasteiger partial charge in [0.25, 0.3) is 21.6 Å². The molecule has 0 aliphatic rings. The number of nitrogens with zero attached hydrogens (tertiary/aromatic N) is 2. The molecule has 0 radical (unpaired) electrons. The normalized spacial score (nSPS) is 11.3. The maximum atomic E-state index is 12.8. The van der Waals surface area contributed by atoms with E-state index in [1.807, 2.05) is 0 Å². The van der Waals surface area contributed by atoms with Crippen molar-refractivity contribution in [2.75, 3.05) is 17.1 Å². The van der Waals surface area contributed by atoms with Crippen molar-refractivity contribution in [1.29, 1.82) is 5.26 Å². The number of carbonyl (C=O) groups excluding carboxylic acids is 1. The SMILES string of the molecule is COc1ccc([N+](=O)[O-])cc1NS(=O)(=O)c1ccc(C(=O)Nc2ccc(C(C)(C)C#N)cc2)cc1. The van der Waals surface area contributed by atoms with Crippen molar-refractivity contribution < 1.29 is 22.9 Å². The number of nitro groups is 1. The number of nitrogens with one attached hydrogen (secondary N) is 2. The standard InChI is InChI=1S/C24H22N4O6S/c1-24(2,15-25)17-6-8-18(9-7-17)26-23(29)16-4-11-20(12-5-16)35(32,33)27-21-14-19(28(30)31)10-13-22(21)34-3/h4-14,27H,1-3H3,(H,26,29). The van der Waals surface area contributed by atoms with E-state index in [-0.39, 0.29) is 27.6 Å². The smallest absolute Gasteiger partial charge is 0.271 e. The Balaban J connectivity index is 1.76. The molecule has 3 aromatic carbocycles. The third-order valence-corrected chi connectivity index (χ3v) is 6.59. The van der Waals surface area contributed by atoms with Crippen LogP contribution in [-0.4, -0.2) is 26.4 Å². The Hall–Kier alpha value is -4.43. The number of hydrogen-bond donors (Lipinski definition) is 2. The van der Waals surface area contributed by atoms with Gasteiger partial charge in [0.2, 0.25) is 0 Å². The summed E-state index contributed by atoms with van der Waals surface area (Å²) in [5, 5.41) is 23.0. The number of nitro benzene ring substituents is 1. The van der Waals surface area contributed by atoms with Crippen LogP contribution < -0.4 is 14.8 Å². The number of rotatable bonds is 8. The van der Waals surface area contributed by atoms with Gasteiger partial charge < -0.3 is 10.1 Å². The summed E-state index contributed by atoms with van der Waals surface area (Å²) in [4.78, 5) is 22.8. The molecule has 0 saturated heterocycles. The van der Waals surface area contributed by atoms with Crippen molar-refractivity contribution in [3.8, 4) is 11.8 Å². The van der Waals surface area contributed by atoms with Gasteiger partial charge in [-0.3, -0.25) is 19.6 Å². The minimum absolute atomic E-state index is 0.0912. The molecule has 11 heteroatoms. The van der Waals surface area contributed by atoms with Crippen LogP contribution in [0.15, 0.2) is 71.6 Å². The summed E-state index contributed by atoms with van der Waals surface area (Å²) in [6.45, 7) is 3.58. The van der Waals surface area contributed by atoms with E-state index in [2.05, 4.69) is 16.1 Å². The predicted octanol–water partition coefficient (Wildman–Crippen LogP) is 4.46. The number of hydrogen-bond acceptors (Lipinski definition) is 7. The number of ether oxygens (including phenoxy) is 1. The maximum absolute atomic E-state index is 12.8. The molecule has 0 aromatic heterocycles. The number of benzene rings is 3. The van der Waals surface area contributed by atoms with Gasteiger partial charge in [0, 0.05) is 23.4 Å². The van der Waals surface area contributed by atoms with Gasteiger partial charge in [0.15, 0.2) is 0 Å². The second-order valence-corrected chi connectivity index (χ2v) is 9.72. The van der Waals surface area contributed by atoms with E-state index >= 15 is 0 Å². The van der Waals surface area contributed by atoms with Crippen molar-refractivity contribution in [2.45, 2.75) is 24.2 Å². The summed E-state index contributed by atoms with van der Waals surface area (Å²) < 4.78 is 33.0. The van der Waals surface area contributed by atoms with Crippen LogP contribution in [0.25, 0.3) is 0 Å². The predicted molar refractivity (Wildman–Crippen MR) is 130 cm³/mol. The molecular weight excluding hydrogens is 472 g/mol. The molecular formula is C24H22N4O6S. The Morgan fingerprint density at radius 1 is 1.06 bits per heavy atom. The highest BCUT2D eigenvalue weighted by atomic mass is 32.2. The summed E-state index contributed by atoms with van der Waals surface area (Å²) >= 11 is 0. The van der Waals surface area contributed by atoms with Crippen LogP contribution in [0.2, 0.25) is 0 Å². The van der Waals surface area contributed by atoms with E-state index in [9.17, 15) is 28.6 Å². The molecule has 0 aliphatic carbocycles. The molecule has 3 aromatic rings. The molecule has 0 aliphatic heterocycles. The lowest BCUT2D eigenvalue weighted by Gasteiger charge is -2.16. The quantitative estimate of drug-likeness (QED) is 0.346. The van der Waals surface area contributed by atoms with Crippen molar-refractivity contribution in [3.05, 3.63) is 88.0 Å². The highest BCUT2D eigenvalue weighted by molar-refractivity contribution is 7.92. The molecule has 2 N–H and O–H groups in total. The summed E-state index contributed by atoms with van der Waals surface area (Å²) in [5.41, 5.74) is 0.487. The Kier molecular flexibility index (Phi) is 7.07. The van der Waals surface area contributed by atoms with Crippen molar-refractivity contribution in [1.82, 2.24) is 0 Å². The molecule has 35 heavy (non-hydrogen) atoms. The minimum Gasteiger partial charge on any atom is -0.495 e. The van der Waals surface area contributed by atoms with E-state index in [0.717, 1.165) is 11.6 Å². The highest BCUT2D eigenvalue weighted by Gasteiger charge is 2.21. The van der Waals surface area contributed by atoms with Gasteiger partial charge >= 0.3 is 0 Å². The second kappa shape index (κ2) is 9.82. The van der Waals surface area contributed by atoms with Crippen LogP contribution in [-0.2, 0) is 15.4 Å². The first kappa shape index (κ1) is 25.2. The van der Waals surface area contributed by atoms with Gasteiger partial charge in [0.05, 0.1) is 34.1 Å². The number of anilines is 2. The van der Waals surface area contributed by atoms with E-state index in [1.54, 1.807) is 38.1 Å². The Labute approximate surface area is 202 Å². The molecule has 0 fully saturated rings. The van der Waals surface area contributed by atoms with Gasteiger partial charge in [-0.1, -0.05) is 12.1 Å². The van der Waals surface area contributed by atoms with Gasteiger partial charge in [-0.25, -0.2) is 8.42 Å². The van der Waals surface area contributed by atoms with Crippen molar-refractivity contribution in [3.63, 3.8) is 0 Å². The maximum Gasteiger partial charge on any atom is 0.271 e. The summed E-state index contributed by atoms with van der Waals surface area (Å²) in [7, 11) is -2.81. The van der Waals surface area contributed by atoms with Crippen molar-refractivity contribution >= 4 is 33.0 Å². The van der Waals surface area contributed by atoms with Crippen LogP contribution >= 0.6 is 0 Å². The average Bonchev–Trinajstić information content (AvgIpc) is 2.84. The lowest BCUT2D eigenvalue weighted by molar-refractivity contribution is -0.384. The van der Waals surface area contributed by atoms with Crippen LogP contribution in [0, 0.1) is 21.4 Å². The molecule has 0 saturated carbocycles. The number of amides is 1. The Morgan fingerprint density at radius 3 is 2.23 bits per heavy atom. The first-order valence-corrected chi connectivity index (χ1v) is 11.7. The highest BCUT2D eigenvalue weighted by Crippen LogP contribution is 2.31. The average molecular weight is 495 g/mol. The Morgan fingerprint density at radius 2 is 1.69 bits per heavy atom. The van der Waals surface area contributed by atoms with Crippen LogP contribution in [0.5, 0.6) is 5.75 Å². The molecule has 180 valence electrons. The fourth-order valence-corrected chi connectivity index (χ4v) is 4.18. The van der Waals surface area contributed by atoms with Gasteiger partial charge in [-0.2, -0.15) is 5.26 Å². The van der Waals surface area contributed by atoms with E-state index < -0.39 is 26.3 Å². The molecule has 0 bridgehead atoms. The lowest BCUT2D eigenvalue weighted by Crippen LogP contribution is -2.16. The van der Waals surface area contributed by atoms with Crippen molar-refractivity contribution in [2.24, 2.45) is 0 Å². The number of non-ortho nitro benzene ring substituents is 1. The number of nitriles is 1. The van der Waals surface area contributed by atoms with E-state index in [0.29, 0.717) is 5.69 Å². The number of carbonyl (C=O) groups is 1. The number of sulfonamides is 1. The second-order valence-electron chi connectivity index (χ2n) is 8.04. The molecule has 10 nitrogen and oxygen atoms in total. The fourth-order valence-electron chi connectivity index (χ4n) is 3.12. The zero-order valence-electron chi connectivity index (χ0n) is 19.1. The van der Waals surface area contributed by atoms with Crippen LogP contribution in [0.1, 0.15) is 29.8 Å². The van der Waals surface area contributed by atoms with E-state index in [4.69, 9.17) is 4.74 Å². The third-order valence-electron chi connectivity index (χ3n) is 5.21. The molecule has 1 amide bonds. The Bertz CT molecular complexity index is 1410. The molecule has 0 atom stereocenters. The largest absolute Gasteiger partial charge is 0.495 e.